The van der Waals surface area contributed by atoms with Crippen molar-refractivity contribution < 1.29 is 18.3 Å². The van der Waals surface area contributed by atoms with Gasteiger partial charge in [-0.15, -0.1) is 0 Å². The highest BCUT2D eigenvalue weighted by atomic mass is 19.1. The van der Waals surface area contributed by atoms with Crippen LogP contribution in [0.5, 0.6) is 5.75 Å². The Morgan fingerprint density at radius 3 is 2.62 bits per heavy atom. The molecule has 2 aromatic carbocycles. The molecule has 0 saturated heterocycles. The first-order valence-corrected chi connectivity index (χ1v) is 11.0. The molecule has 3 heterocycles. The van der Waals surface area contributed by atoms with E-state index >= 15 is 4.39 Å². The number of carbonyl (C=O) groups excluding carboxylic acids is 1. The zero-order valence-corrected chi connectivity index (χ0v) is 18.9. The number of para-hydroxylation sites is 1. The average Bonchev–Trinajstić information content (AvgIpc) is 3.30. The SMILES string of the molecule is COc1ccccc1-c1cc(C2=CCCN(C(C)=O)C2)c(F)c2cc(-n3ccccc3=O)oc12. The zero-order valence-electron chi connectivity index (χ0n) is 18.9. The second-order valence-electron chi connectivity index (χ2n) is 8.18. The van der Waals surface area contributed by atoms with Gasteiger partial charge in [0.1, 0.15) is 17.1 Å². The number of hydrogen-bond acceptors (Lipinski definition) is 4. The highest BCUT2D eigenvalue weighted by Gasteiger charge is 2.25. The molecule has 0 bridgehead atoms. The molecule has 0 N–H and O–H groups in total. The second-order valence-corrected chi connectivity index (χ2v) is 8.18. The molecule has 0 unspecified atom stereocenters. The number of carbonyl (C=O) groups is 1. The Morgan fingerprint density at radius 1 is 1.06 bits per heavy atom. The number of benzene rings is 2. The van der Waals surface area contributed by atoms with Crippen molar-refractivity contribution in [2.45, 2.75) is 13.3 Å². The number of methoxy groups -OCH3 is 1. The lowest BCUT2D eigenvalue weighted by Gasteiger charge is -2.27. The minimum atomic E-state index is -0.454. The summed E-state index contributed by atoms with van der Waals surface area (Å²) in [6.07, 6.45) is 4.20. The Kier molecular flexibility index (Phi) is 5.53. The van der Waals surface area contributed by atoms with Gasteiger partial charge in [-0.05, 0) is 30.2 Å². The van der Waals surface area contributed by atoms with E-state index in [1.54, 1.807) is 42.5 Å². The van der Waals surface area contributed by atoms with Crippen molar-refractivity contribution in [3.05, 3.63) is 88.6 Å². The van der Waals surface area contributed by atoms with Crippen LogP contribution in [-0.4, -0.2) is 35.6 Å². The molecule has 172 valence electrons. The van der Waals surface area contributed by atoms with Crippen LogP contribution in [0.25, 0.3) is 33.6 Å². The van der Waals surface area contributed by atoms with Gasteiger partial charge in [-0.25, -0.2) is 4.39 Å². The summed E-state index contributed by atoms with van der Waals surface area (Å²) in [5.41, 5.74) is 2.53. The molecule has 1 aliphatic heterocycles. The van der Waals surface area contributed by atoms with Crippen molar-refractivity contribution in [3.8, 4) is 22.8 Å². The van der Waals surface area contributed by atoms with E-state index in [0.717, 1.165) is 11.1 Å². The van der Waals surface area contributed by atoms with Gasteiger partial charge in [0.05, 0.1) is 12.5 Å². The van der Waals surface area contributed by atoms with E-state index in [9.17, 15) is 9.59 Å². The predicted octanol–water partition coefficient (Wildman–Crippen LogP) is 5.03. The number of hydrogen-bond donors (Lipinski definition) is 0. The smallest absolute Gasteiger partial charge is 0.257 e. The van der Waals surface area contributed by atoms with E-state index < -0.39 is 5.82 Å². The molecular formula is C27H23FN2O4. The molecule has 0 aliphatic carbocycles. The number of fused-ring (bicyclic) bond motifs is 1. The van der Waals surface area contributed by atoms with E-state index in [1.165, 1.54) is 17.6 Å². The minimum Gasteiger partial charge on any atom is -0.496 e. The maximum Gasteiger partial charge on any atom is 0.257 e. The first-order chi connectivity index (χ1) is 16.5. The maximum absolute atomic E-state index is 16.0. The first-order valence-electron chi connectivity index (χ1n) is 11.0. The summed E-state index contributed by atoms with van der Waals surface area (Å²) in [5, 5.41) is 0.255. The maximum atomic E-state index is 16.0. The standard InChI is InChI=1S/C27H23FN2O4/c1-17(31)29-12-7-8-18(16-29)20-14-21(19-9-3-4-10-23(19)33-2)27-22(26(20)28)15-25(34-27)30-13-6-5-11-24(30)32/h3-6,8-11,13-15H,7,12,16H2,1-2H3. The third-order valence-corrected chi connectivity index (χ3v) is 6.12. The van der Waals surface area contributed by atoms with Gasteiger partial charge in [-0.1, -0.05) is 30.3 Å². The normalized spacial score (nSPS) is 13.7. The molecule has 1 aliphatic rings. The first kappa shape index (κ1) is 21.7. The molecule has 5 rings (SSSR count). The Morgan fingerprint density at radius 2 is 1.85 bits per heavy atom. The van der Waals surface area contributed by atoms with E-state index in [1.807, 2.05) is 30.3 Å². The summed E-state index contributed by atoms with van der Waals surface area (Å²) in [6.45, 7) is 2.45. The molecule has 0 fully saturated rings. The van der Waals surface area contributed by atoms with Crippen molar-refractivity contribution in [1.82, 2.24) is 9.47 Å². The number of amides is 1. The number of furan rings is 1. The van der Waals surface area contributed by atoms with Gasteiger partial charge < -0.3 is 14.1 Å². The van der Waals surface area contributed by atoms with Crippen LogP contribution in [0.1, 0.15) is 18.9 Å². The average molecular weight is 458 g/mol. The topological polar surface area (TPSA) is 64.7 Å². The third kappa shape index (κ3) is 3.69. The molecule has 6 nitrogen and oxygen atoms in total. The summed E-state index contributed by atoms with van der Waals surface area (Å²) in [6, 6.07) is 15.5. The molecule has 0 saturated carbocycles. The zero-order chi connectivity index (χ0) is 23.8. The van der Waals surface area contributed by atoms with Crippen LogP contribution < -0.4 is 10.3 Å². The van der Waals surface area contributed by atoms with Crippen molar-refractivity contribution in [2.75, 3.05) is 20.2 Å². The Bertz CT molecular complexity index is 1500. The fraction of sp³-hybridized carbons (Fsp3) is 0.185. The third-order valence-electron chi connectivity index (χ3n) is 6.12. The van der Waals surface area contributed by atoms with Crippen molar-refractivity contribution >= 4 is 22.4 Å². The molecule has 0 radical (unpaired) electrons. The van der Waals surface area contributed by atoms with Crippen LogP contribution in [0, 0.1) is 5.82 Å². The molecule has 0 atom stereocenters. The lowest BCUT2D eigenvalue weighted by Crippen LogP contribution is -2.33. The van der Waals surface area contributed by atoms with Gasteiger partial charge in [-0.3, -0.25) is 14.2 Å². The molecular weight excluding hydrogens is 435 g/mol. The molecule has 0 spiro atoms. The van der Waals surface area contributed by atoms with Crippen molar-refractivity contribution in [1.29, 1.82) is 0 Å². The number of halogens is 1. The number of rotatable bonds is 4. The summed E-state index contributed by atoms with van der Waals surface area (Å²) in [4.78, 5) is 26.1. The van der Waals surface area contributed by atoms with E-state index in [0.29, 0.717) is 42.0 Å². The van der Waals surface area contributed by atoms with Crippen LogP contribution >= 0.6 is 0 Å². The number of pyridine rings is 1. The minimum absolute atomic E-state index is 0.0499. The summed E-state index contributed by atoms with van der Waals surface area (Å²) < 4.78 is 29.0. The second kappa shape index (κ2) is 8.67. The summed E-state index contributed by atoms with van der Waals surface area (Å²) in [5.74, 6) is 0.324. The van der Waals surface area contributed by atoms with E-state index in [2.05, 4.69) is 0 Å². The number of aromatic nitrogens is 1. The Balaban J connectivity index is 1.79. The largest absolute Gasteiger partial charge is 0.496 e. The van der Waals surface area contributed by atoms with Crippen molar-refractivity contribution in [3.63, 3.8) is 0 Å². The lowest BCUT2D eigenvalue weighted by atomic mass is 9.93. The van der Waals surface area contributed by atoms with Gasteiger partial charge in [0, 0.05) is 55.0 Å². The monoisotopic (exact) mass is 458 g/mol. The number of nitrogens with zero attached hydrogens (tertiary/aromatic N) is 2. The van der Waals surface area contributed by atoms with Gasteiger partial charge in [0.2, 0.25) is 11.8 Å². The van der Waals surface area contributed by atoms with Crippen LogP contribution in [-0.2, 0) is 4.79 Å². The van der Waals surface area contributed by atoms with Crippen LogP contribution in [0.15, 0.2) is 76.1 Å². The number of ether oxygens (including phenoxy) is 1. The van der Waals surface area contributed by atoms with Crippen LogP contribution in [0.4, 0.5) is 4.39 Å². The summed E-state index contributed by atoms with van der Waals surface area (Å²) >= 11 is 0. The summed E-state index contributed by atoms with van der Waals surface area (Å²) in [7, 11) is 1.58. The van der Waals surface area contributed by atoms with Crippen molar-refractivity contribution in [2.24, 2.45) is 0 Å². The van der Waals surface area contributed by atoms with Crippen LogP contribution in [0.3, 0.4) is 0 Å². The Labute approximate surface area is 195 Å². The fourth-order valence-electron chi connectivity index (χ4n) is 4.40. The van der Waals surface area contributed by atoms with Gasteiger partial charge >= 0.3 is 0 Å². The van der Waals surface area contributed by atoms with E-state index in [4.69, 9.17) is 9.15 Å². The van der Waals surface area contributed by atoms with E-state index in [-0.39, 0.29) is 22.7 Å². The Hall–Kier alpha value is -4.13. The molecule has 34 heavy (non-hydrogen) atoms. The molecule has 7 heteroatoms. The fourth-order valence-corrected chi connectivity index (χ4v) is 4.40. The highest BCUT2D eigenvalue weighted by Crippen LogP contribution is 2.41. The predicted molar refractivity (Wildman–Crippen MR) is 129 cm³/mol. The van der Waals surface area contributed by atoms with Crippen LogP contribution in [0.2, 0.25) is 0 Å². The van der Waals surface area contributed by atoms with Gasteiger partial charge in [-0.2, -0.15) is 0 Å². The molecule has 4 aromatic rings. The highest BCUT2D eigenvalue weighted by molar-refractivity contribution is 5.98. The lowest BCUT2D eigenvalue weighted by molar-refractivity contribution is -0.128. The quantitative estimate of drug-likeness (QED) is 0.430. The van der Waals surface area contributed by atoms with Gasteiger partial charge in [0.25, 0.3) is 5.56 Å². The molecule has 1 amide bonds. The van der Waals surface area contributed by atoms with Gasteiger partial charge in [0.15, 0.2) is 0 Å². The molecule has 2 aromatic heterocycles.